The normalized spacial score (nSPS) is 8.45. The van der Waals surface area contributed by atoms with Crippen LogP contribution in [-0.4, -0.2) is 16.4 Å². The molecule has 0 saturated heterocycles. The molecule has 0 atom stereocenters. The first-order valence-corrected chi connectivity index (χ1v) is 3.33. The van der Waals surface area contributed by atoms with Gasteiger partial charge in [-0.25, -0.2) is 4.98 Å². The molecule has 1 aromatic heterocycles. The quantitative estimate of drug-likeness (QED) is 0.801. The van der Waals surface area contributed by atoms with Gasteiger partial charge in [0.1, 0.15) is 5.69 Å². The highest BCUT2D eigenvalue weighted by atomic mass is 79.9. The molecule has 0 amide bonds. The van der Waals surface area contributed by atoms with Crippen molar-refractivity contribution in [1.82, 2.24) is 4.98 Å². The third-order valence-corrected chi connectivity index (χ3v) is 1.65. The SMILES string of the molecule is Br.O=Cc1nccc(Br)c1O. The van der Waals surface area contributed by atoms with Crippen molar-refractivity contribution in [1.29, 1.82) is 0 Å². The summed E-state index contributed by atoms with van der Waals surface area (Å²) in [7, 11) is 0. The molecular formula is C6H5Br2NO2. The maximum atomic E-state index is 10.1. The van der Waals surface area contributed by atoms with Gasteiger partial charge in [-0.2, -0.15) is 0 Å². The van der Waals surface area contributed by atoms with Gasteiger partial charge in [-0.3, -0.25) is 4.79 Å². The van der Waals surface area contributed by atoms with Gasteiger partial charge >= 0.3 is 0 Å². The fourth-order valence-corrected chi connectivity index (χ4v) is 0.853. The van der Waals surface area contributed by atoms with Gasteiger partial charge in [0.15, 0.2) is 12.0 Å². The molecular weight excluding hydrogens is 278 g/mol. The van der Waals surface area contributed by atoms with Crippen molar-refractivity contribution in [3.05, 3.63) is 22.4 Å². The lowest BCUT2D eigenvalue weighted by atomic mass is 10.3. The van der Waals surface area contributed by atoms with Crippen LogP contribution in [0.4, 0.5) is 0 Å². The molecule has 1 aromatic rings. The summed E-state index contributed by atoms with van der Waals surface area (Å²) in [4.78, 5) is 13.7. The summed E-state index contributed by atoms with van der Waals surface area (Å²) in [5.74, 6) is -0.113. The molecule has 11 heavy (non-hydrogen) atoms. The monoisotopic (exact) mass is 281 g/mol. The van der Waals surface area contributed by atoms with Gasteiger partial charge in [0.25, 0.3) is 0 Å². The number of hydrogen-bond donors (Lipinski definition) is 1. The van der Waals surface area contributed by atoms with Gasteiger partial charge in [-0.1, -0.05) is 0 Å². The van der Waals surface area contributed by atoms with E-state index in [1.807, 2.05) is 0 Å². The number of halogens is 2. The molecule has 0 saturated carbocycles. The maximum absolute atomic E-state index is 10.1. The van der Waals surface area contributed by atoms with E-state index >= 15 is 0 Å². The van der Waals surface area contributed by atoms with Crippen LogP contribution in [0.1, 0.15) is 10.5 Å². The van der Waals surface area contributed by atoms with Crippen molar-refractivity contribution in [3.63, 3.8) is 0 Å². The molecule has 1 N–H and O–H groups in total. The van der Waals surface area contributed by atoms with E-state index in [0.717, 1.165) is 0 Å². The van der Waals surface area contributed by atoms with Gasteiger partial charge in [0.05, 0.1) is 4.47 Å². The summed E-state index contributed by atoms with van der Waals surface area (Å²) >= 11 is 3.04. The van der Waals surface area contributed by atoms with Gasteiger partial charge < -0.3 is 5.11 Å². The highest BCUT2D eigenvalue weighted by molar-refractivity contribution is 9.10. The van der Waals surface area contributed by atoms with E-state index < -0.39 is 0 Å². The van der Waals surface area contributed by atoms with Gasteiger partial charge in [-0.15, -0.1) is 17.0 Å². The predicted molar refractivity (Wildman–Crippen MR) is 49.3 cm³/mol. The Labute approximate surface area is 82.4 Å². The summed E-state index contributed by atoms with van der Waals surface area (Å²) in [6, 6.07) is 1.56. The number of carbonyl (C=O) groups is 1. The molecule has 1 heterocycles. The van der Waals surface area contributed by atoms with E-state index in [1.54, 1.807) is 6.07 Å². The summed E-state index contributed by atoms with van der Waals surface area (Å²) in [5.41, 5.74) is 0.0503. The van der Waals surface area contributed by atoms with Gasteiger partial charge in [-0.05, 0) is 22.0 Å². The third-order valence-electron chi connectivity index (χ3n) is 1.01. The number of nitrogens with zero attached hydrogens (tertiary/aromatic N) is 1. The Morgan fingerprint density at radius 3 is 2.73 bits per heavy atom. The maximum Gasteiger partial charge on any atom is 0.172 e. The number of rotatable bonds is 1. The minimum atomic E-state index is -0.113. The Kier molecular flexibility index (Phi) is 4.29. The number of aldehydes is 1. The molecule has 3 nitrogen and oxygen atoms in total. The molecule has 0 aliphatic carbocycles. The molecule has 0 aliphatic rings. The highest BCUT2D eigenvalue weighted by Gasteiger charge is 2.02. The third kappa shape index (κ3) is 2.27. The molecule has 0 fully saturated rings. The summed E-state index contributed by atoms with van der Waals surface area (Å²) in [6.07, 6.45) is 1.94. The summed E-state index contributed by atoms with van der Waals surface area (Å²) in [5, 5.41) is 9.06. The number of hydrogen-bond acceptors (Lipinski definition) is 3. The Bertz CT molecular complexity index is 265. The van der Waals surface area contributed by atoms with E-state index in [9.17, 15) is 4.79 Å². The van der Waals surface area contributed by atoms with Gasteiger partial charge in [0, 0.05) is 6.20 Å². The van der Waals surface area contributed by atoms with Crippen LogP contribution < -0.4 is 0 Å². The van der Waals surface area contributed by atoms with Crippen molar-refractivity contribution in [2.45, 2.75) is 0 Å². The van der Waals surface area contributed by atoms with Crippen molar-refractivity contribution >= 4 is 39.2 Å². The summed E-state index contributed by atoms with van der Waals surface area (Å²) < 4.78 is 0.476. The Balaban J connectivity index is 0.000001000. The first-order valence-electron chi connectivity index (χ1n) is 2.54. The molecule has 60 valence electrons. The second-order valence-electron chi connectivity index (χ2n) is 1.64. The van der Waals surface area contributed by atoms with E-state index in [-0.39, 0.29) is 28.4 Å². The number of aromatic hydroxyl groups is 1. The molecule has 0 aromatic carbocycles. The molecule has 0 bridgehead atoms. The van der Waals surface area contributed by atoms with Crippen LogP contribution in [0.15, 0.2) is 16.7 Å². The topological polar surface area (TPSA) is 50.2 Å². The molecule has 5 heteroatoms. The van der Waals surface area contributed by atoms with Crippen molar-refractivity contribution < 1.29 is 9.90 Å². The van der Waals surface area contributed by atoms with E-state index in [4.69, 9.17) is 5.11 Å². The second-order valence-corrected chi connectivity index (χ2v) is 2.50. The largest absolute Gasteiger partial charge is 0.504 e. The zero-order valence-electron chi connectivity index (χ0n) is 5.32. The summed E-state index contributed by atoms with van der Waals surface area (Å²) in [6.45, 7) is 0. The minimum absolute atomic E-state index is 0. The predicted octanol–water partition coefficient (Wildman–Crippen LogP) is 1.94. The van der Waals surface area contributed by atoms with E-state index in [0.29, 0.717) is 10.8 Å². The van der Waals surface area contributed by atoms with Crippen molar-refractivity contribution in [2.75, 3.05) is 0 Å². The Morgan fingerprint density at radius 1 is 1.64 bits per heavy atom. The van der Waals surface area contributed by atoms with Crippen LogP contribution in [0.5, 0.6) is 5.75 Å². The lowest BCUT2D eigenvalue weighted by Gasteiger charge is -1.95. The van der Waals surface area contributed by atoms with E-state index in [2.05, 4.69) is 20.9 Å². The average Bonchev–Trinajstić information content (AvgIpc) is 1.95. The smallest absolute Gasteiger partial charge is 0.172 e. The van der Waals surface area contributed by atoms with E-state index in [1.165, 1.54) is 6.20 Å². The molecule has 1 rings (SSSR count). The van der Waals surface area contributed by atoms with Crippen LogP contribution in [0.2, 0.25) is 0 Å². The van der Waals surface area contributed by atoms with Crippen LogP contribution in [0, 0.1) is 0 Å². The van der Waals surface area contributed by atoms with Crippen molar-refractivity contribution in [2.24, 2.45) is 0 Å². The standard InChI is InChI=1S/C6H4BrNO2.BrH/c7-4-1-2-8-5(3-9)6(4)10;/h1-3,10H;1H. The minimum Gasteiger partial charge on any atom is -0.504 e. The Hall–Kier alpha value is -0.420. The number of carbonyl (C=O) groups excluding carboxylic acids is 1. The first kappa shape index (κ1) is 10.6. The second kappa shape index (κ2) is 4.46. The van der Waals surface area contributed by atoms with Crippen LogP contribution >= 0.6 is 32.9 Å². The molecule has 0 radical (unpaired) electrons. The fourth-order valence-electron chi connectivity index (χ4n) is 0.532. The van der Waals surface area contributed by atoms with Crippen LogP contribution in [0.3, 0.4) is 0 Å². The Morgan fingerprint density at radius 2 is 2.27 bits per heavy atom. The molecule has 0 unspecified atom stereocenters. The average molecular weight is 283 g/mol. The first-order chi connectivity index (χ1) is 4.75. The molecule has 0 spiro atoms. The lowest BCUT2D eigenvalue weighted by molar-refractivity contribution is 0.111. The zero-order chi connectivity index (χ0) is 7.56. The lowest BCUT2D eigenvalue weighted by Crippen LogP contribution is -1.86. The fraction of sp³-hybridized carbons (Fsp3) is 0. The van der Waals surface area contributed by atoms with Crippen LogP contribution in [0.25, 0.3) is 0 Å². The molecule has 0 aliphatic heterocycles. The van der Waals surface area contributed by atoms with Crippen molar-refractivity contribution in [3.8, 4) is 5.75 Å². The number of pyridine rings is 1. The van der Waals surface area contributed by atoms with Gasteiger partial charge in [0.2, 0.25) is 0 Å². The zero-order valence-corrected chi connectivity index (χ0v) is 8.62. The number of aromatic nitrogens is 1. The van der Waals surface area contributed by atoms with Crippen LogP contribution in [-0.2, 0) is 0 Å². The highest BCUT2D eigenvalue weighted by Crippen LogP contribution is 2.23.